The molecule has 57 heavy (non-hydrogen) atoms. The number of nitrogens with zero attached hydrogens (tertiary/aromatic N) is 3. The summed E-state index contributed by atoms with van der Waals surface area (Å²) in [6, 6.07) is 69.9. The molecule has 0 aliphatic carbocycles. The third kappa shape index (κ3) is 5.92. The van der Waals surface area contributed by atoms with Crippen molar-refractivity contribution in [1.29, 1.82) is 0 Å². The Labute approximate surface area is 329 Å². The van der Waals surface area contributed by atoms with Crippen LogP contribution in [0.15, 0.2) is 205 Å². The third-order valence-corrected chi connectivity index (χ3v) is 10.9. The normalized spacial score (nSPS) is 11.5. The molecule has 0 aliphatic heterocycles. The number of furan rings is 1. The molecular formula is C53H33N3O. The number of hydrogen-bond acceptors (Lipinski definition) is 4. The highest BCUT2D eigenvalue weighted by Gasteiger charge is 2.19. The number of benzene rings is 9. The van der Waals surface area contributed by atoms with E-state index in [1.165, 1.54) is 27.3 Å². The lowest BCUT2D eigenvalue weighted by molar-refractivity contribution is 0.669. The standard InChI is InChI=1S/C53H33N3O/c1-4-12-34(13-5-1)37-18-10-19-42(31-37)51-54-52(43-26-28-45-41(32-43)23-22-40-30-38(24-27-44(40)45)35-14-6-2-7-15-35)56-53(55-51)47-20-11-21-48-50(47)46-29-25-39(33-49(46)57-48)36-16-8-3-9-17-36/h1-33H. The van der Waals surface area contributed by atoms with E-state index >= 15 is 0 Å². The molecule has 4 heteroatoms. The second-order valence-electron chi connectivity index (χ2n) is 14.4. The van der Waals surface area contributed by atoms with Crippen LogP contribution in [0.5, 0.6) is 0 Å². The Morgan fingerprint density at radius 1 is 0.281 bits per heavy atom. The first kappa shape index (κ1) is 32.7. The van der Waals surface area contributed by atoms with Crippen molar-refractivity contribution >= 4 is 43.5 Å². The summed E-state index contributed by atoms with van der Waals surface area (Å²) in [5.41, 5.74) is 11.2. The third-order valence-electron chi connectivity index (χ3n) is 10.9. The van der Waals surface area contributed by atoms with E-state index in [0.717, 1.165) is 66.3 Å². The SMILES string of the molecule is c1ccc(-c2cccc(-c3nc(-c4ccc5c(ccc6cc(-c7ccccc7)ccc65)c4)nc(-c4cccc5oc6cc(-c7ccccc7)ccc6c45)n3)c2)cc1. The molecule has 4 nitrogen and oxygen atoms in total. The fourth-order valence-electron chi connectivity index (χ4n) is 8.07. The van der Waals surface area contributed by atoms with Crippen LogP contribution in [-0.4, -0.2) is 15.0 Å². The van der Waals surface area contributed by atoms with Crippen LogP contribution in [0.2, 0.25) is 0 Å². The molecule has 0 unspecified atom stereocenters. The Hall–Kier alpha value is -7.69. The van der Waals surface area contributed by atoms with Gasteiger partial charge in [0, 0.05) is 27.5 Å². The van der Waals surface area contributed by atoms with E-state index in [1.54, 1.807) is 0 Å². The van der Waals surface area contributed by atoms with E-state index in [0.29, 0.717) is 17.5 Å². The van der Waals surface area contributed by atoms with Gasteiger partial charge < -0.3 is 4.42 Å². The highest BCUT2D eigenvalue weighted by molar-refractivity contribution is 6.13. The molecule has 0 saturated heterocycles. The Kier molecular flexibility index (Phi) is 7.78. The van der Waals surface area contributed by atoms with Crippen molar-refractivity contribution in [3.63, 3.8) is 0 Å². The van der Waals surface area contributed by atoms with Crippen LogP contribution in [0, 0.1) is 0 Å². The summed E-state index contributed by atoms with van der Waals surface area (Å²) in [5, 5.41) is 6.72. The highest BCUT2D eigenvalue weighted by atomic mass is 16.3. The van der Waals surface area contributed by atoms with Gasteiger partial charge in [0.15, 0.2) is 17.5 Å². The Bertz CT molecular complexity index is 3280. The predicted octanol–water partition coefficient (Wildman–Crippen LogP) is 14.1. The van der Waals surface area contributed by atoms with Crippen LogP contribution >= 0.6 is 0 Å². The molecule has 0 spiro atoms. The fraction of sp³-hybridized carbons (Fsp3) is 0. The van der Waals surface area contributed by atoms with Gasteiger partial charge in [0.05, 0.1) is 0 Å². The topological polar surface area (TPSA) is 51.8 Å². The molecule has 11 rings (SSSR count). The smallest absolute Gasteiger partial charge is 0.164 e. The molecule has 0 radical (unpaired) electrons. The Morgan fingerprint density at radius 3 is 1.37 bits per heavy atom. The van der Waals surface area contributed by atoms with E-state index in [2.05, 4.69) is 176 Å². The summed E-state index contributed by atoms with van der Waals surface area (Å²) in [7, 11) is 0. The van der Waals surface area contributed by atoms with Gasteiger partial charge in [-0.25, -0.2) is 15.0 Å². The van der Waals surface area contributed by atoms with Gasteiger partial charge in [-0.05, 0) is 91.3 Å². The number of hydrogen-bond donors (Lipinski definition) is 0. The van der Waals surface area contributed by atoms with Gasteiger partial charge >= 0.3 is 0 Å². The monoisotopic (exact) mass is 727 g/mol. The first-order valence-corrected chi connectivity index (χ1v) is 19.2. The molecule has 9 aromatic carbocycles. The molecule has 2 aromatic heterocycles. The zero-order chi connectivity index (χ0) is 37.7. The maximum Gasteiger partial charge on any atom is 0.164 e. The lowest BCUT2D eigenvalue weighted by Crippen LogP contribution is -2.00. The van der Waals surface area contributed by atoms with Gasteiger partial charge in [-0.15, -0.1) is 0 Å². The van der Waals surface area contributed by atoms with Crippen molar-refractivity contribution in [2.75, 3.05) is 0 Å². The van der Waals surface area contributed by atoms with Crippen molar-refractivity contribution < 1.29 is 4.42 Å². The van der Waals surface area contributed by atoms with E-state index in [-0.39, 0.29) is 0 Å². The van der Waals surface area contributed by atoms with Crippen LogP contribution in [0.25, 0.3) is 111 Å². The molecule has 0 saturated carbocycles. The van der Waals surface area contributed by atoms with Crippen molar-refractivity contribution in [2.24, 2.45) is 0 Å². The van der Waals surface area contributed by atoms with Gasteiger partial charge in [-0.3, -0.25) is 0 Å². The summed E-state index contributed by atoms with van der Waals surface area (Å²) in [6.45, 7) is 0. The summed E-state index contributed by atoms with van der Waals surface area (Å²) in [6.07, 6.45) is 0. The van der Waals surface area contributed by atoms with Gasteiger partial charge in [0.2, 0.25) is 0 Å². The Balaban J connectivity index is 1.08. The Morgan fingerprint density at radius 2 is 0.737 bits per heavy atom. The van der Waals surface area contributed by atoms with Crippen LogP contribution in [0.3, 0.4) is 0 Å². The van der Waals surface area contributed by atoms with E-state index < -0.39 is 0 Å². The number of aromatic nitrogens is 3. The van der Waals surface area contributed by atoms with E-state index in [9.17, 15) is 0 Å². The minimum atomic E-state index is 0.590. The van der Waals surface area contributed by atoms with Gasteiger partial charge in [-0.2, -0.15) is 0 Å². The first-order chi connectivity index (χ1) is 28.2. The van der Waals surface area contributed by atoms with Crippen LogP contribution in [0.4, 0.5) is 0 Å². The molecule has 0 fully saturated rings. The summed E-state index contributed by atoms with van der Waals surface area (Å²) in [5.74, 6) is 1.81. The second kappa shape index (κ2) is 13.6. The molecule has 0 N–H and O–H groups in total. The predicted molar refractivity (Wildman–Crippen MR) is 235 cm³/mol. The molecule has 0 aliphatic rings. The molecule has 11 aromatic rings. The molecule has 0 amide bonds. The van der Waals surface area contributed by atoms with Crippen LogP contribution < -0.4 is 0 Å². The summed E-state index contributed by atoms with van der Waals surface area (Å²) in [4.78, 5) is 15.6. The quantitative estimate of drug-likeness (QED) is 0.160. The average Bonchev–Trinajstić information content (AvgIpc) is 3.68. The van der Waals surface area contributed by atoms with Crippen LogP contribution in [-0.2, 0) is 0 Å². The zero-order valence-corrected chi connectivity index (χ0v) is 30.8. The minimum absolute atomic E-state index is 0.590. The summed E-state index contributed by atoms with van der Waals surface area (Å²) >= 11 is 0. The van der Waals surface area contributed by atoms with Gasteiger partial charge in [0.1, 0.15) is 11.2 Å². The number of fused-ring (bicyclic) bond motifs is 6. The second-order valence-corrected chi connectivity index (χ2v) is 14.4. The lowest BCUT2D eigenvalue weighted by atomic mass is 9.96. The largest absolute Gasteiger partial charge is 0.456 e. The lowest BCUT2D eigenvalue weighted by Gasteiger charge is -2.12. The highest BCUT2D eigenvalue weighted by Crippen LogP contribution is 2.39. The zero-order valence-electron chi connectivity index (χ0n) is 30.8. The van der Waals surface area contributed by atoms with Gasteiger partial charge in [-0.1, -0.05) is 164 Å². The van der Waals surface area contributed by atoms with E-state index in [1.807, 2.05) is 24.3 Å². The molecule has 266 valence electrons. The molecular weight excluding hydrogens is 695 g/mol. The fourth-order valence-corrected chi connectivity index (χ4v) is 8.07. The maximum absolute atomic E-state index is 6.52. The molecule has 0 bridgehead atoms. The van der Waals surface area contributed by atoms with Crippen molar-refractivity contribution in [3.05, 3.63) is 200 Å². The van der Waals surface area contributed by atoms with E-state index in [4.69, 9.17) is 19.4 Å². The maximum atomic E-state index is 6.52. The average molecular weight is 728 g/mol. The van der Waals surface area contributed by atoms with Crippen LogP contribution in [0.1, 0.15) is 0 Å². The minimum Gasteiger partial charge on any atom is -0.456 e. The van der Waals surface area contributed by atoms with Gasteiger partial charge in [0.25, 0.3) is 0 Å². The number of rotatable bonds is 6. The van der Waals surface area contributed by atoms with Crippen molar-refractivity contribution in [2.45, 2.75) is 0 Å². The first-order valence-electron chi connectivity index (χ1n) is 19.2. The summed E-state index contributed by atoms with van der Waals surface area (Å²) < 4.78 is 6.52. The van der Waals surface area contributed by atoms with Crippen molar-refractivity contribution in [1.82, 2.24) is 15.0 Å². The van der Waals surface area contributed by atoms with Crippen molar-refractivity contribution in [3.8, 4) is 67.5 Å². The molecule has 2 heterocycles. The molecule has 0 atom stereocenters.